The van der Waals surface area contributed by atoms with Gasteiger partial charge in [0.1, 0.15) is 17.7 Å². The van der Waals surface area contributed by atoms with Crippen LogP contribution in [0, 0.1) is 0 Å². The van der Waals surface area contributed by atoms with Crippen molar-refractivity contribution in [3.8, 4) is 0 Å². The smallest absolute Gasteiger partial charge is 0.323 e. The van der Waals surface area contributed by atoms with Gasteiger partial charge in [0, 0.05) is 37.9 Å². The van der Waals surface area contributed by atoms with Crippen LogP contribution < -0.4 is 0 Å². The molecule has 0 aliphatic heterocycles. The number of aromatic nitrogens is 4. The van der Waals surface area contributed by atoms with Crippen molar-refractivity contribution in [3.05, 3.63) is 71.8 Å². The second kappa shape index (κ2) is 16.9. The normalized spacial score (nSPS) is 13.3. The Balaban J connectivity index is 1.54. The average molecular weight is 552 g/mol. The Morgan fingerprint density at radius 3 is 2.10 bits per heavy atom. The third-order valence-corrected chi connectivity index (χ3v) is 7.27. The molecule has 2 heterocycles. The molecule has 0 amide bonds. The van der Waals surface area contributed by atoms with E-state index >= 15 is 0 Å². The molecule has 1 unspecified atom stereocenters. The van der Waals surface area contributed by atoms with E-state index in [4.69, 9.17) is 4.74 Å². The van der Waals surface area contributed by atoms with Crippen molar-refractivity contribution in [2.45, 2.75) is 85.1 Å². The van der Waals surface area contributed by atoms with E-state index in [2.05, 4.69) is 86.7 Å². The Morgan fingerprint density at radius 2 is 1.52 bits per heavy atom. The van der Waals surface area contributed by atoms with Crippen LogP contribution in [0.1, 0.15) is 82.2 Å². The van der Waals surface area contributed by atoms with Gasteiger partial charge in [0.15, 0.2) is 0 Å². The molecule has 0 spiro atoms. The SMILES string of the molecule is CCCN(CCC)[C@H](CCCN(C)Cc1ccc(CN(Cc2ncc[nH]2)C(C)c2ncc[nH]2)cc1)C(=O)OCC. The maximum Gasteiger partial charge on any atom is 0.323 e. The number of nitrogens with one attached hydrogen (secondary N) is 2. The molecule has 0 fully saturated rings. The summed E-state index contributed by atoms with van der Waals surface area (Å²) in [6.45, 7) is 14.0. The number of aromatic amines is 2. The van der Waals surface area contributed by atoms with Crippen molar-refractivity contribution in [3.63, 3.8) is 0 Å². The number of carbonyl (C=O) groups is 1. The minimum atomic E-state index is -0.153. The predicted octanol–water partition coefficient (Wildman–Crippen LogP) is 5.16. The summed E-state index contributed by atoms with van der Waals surface area (Å²) in [5, 5.41) is 0. The Labute approximate surface area is 240 Å². The van der Waals surface area contributed by atoms with Crippen molar-refractivity contribution in [2.75, 3.05) is 33.3 Å². The maximum atomic E-state index is 12.7. The lowest BCUT2D eigenvalue weighted by Gasteiger charge is -2.30. The molecule has 2 aromatic heterocycles. The van der Waals surface area contributed by atoms with Crippen LogP contribution in [0.5, 0.6) is 0 Å². The molecular weight excluding hydrogens is 502 g/mol. The molecule has 220 valence electrons. The van der Waals surface area contributed by atoms with Gasteiger partial charge in [-0.25, -0.2) is 9.97 Å². The monoisotopic (exact) mass is 551 g/mol. The molecule has 1 aromatic carbocycles. The van der Waals surface area contributed by atoms with Crippen LogP contribution in [-0.4, -0.2) is 79.9 Å². The fourth-order valence-electron chi connectivity index (χ4n) is 5.20. The van der Waals surface area contributed by atoms with Gasteiger partial charge in [0.2, 0.25) is 0 Å². The lowest BCUT2D eigenvalue weighted by atomic mass is 10.1. The highest BCUT2D eigenvalue weighted by molar-refractivity contribution is 5.75. The van der Waals surface area contributed by atoms with Crippen molar-refractivity contribution >= 4 is 5.97 Å². The van der Waals surface area contributed by atoms with E-state index in [1.54, 1.807) is 12.4 Å². The van der Waals surface area contributed by atoms with Crippen LogP contribution >= 0.6 is 0 Å². The molecule has 0 radical (unpaired) electrons. The van der Waals surface area contributed by atoms with Gasteiger partial charge < -0.3 is 19.6 Å². The quantitative estimate of drug-likeness (QED) is 0.199. The summed E-state index contributed by atoms with van der Waals surface area (Å²) in [6.07, 6.45) is 11.2. The number of imidazole rings is 2. The largest absolute Gasteiger partial charge is 0.465 e. The summed E-state index contributed by atoms with van der Waals surface area (Å²) in [5.74, 6) is 1.81. The highest BCUT2D eigenvalue weighted by atomic mass is 16.5. The van der Waals surface area contributed by atoms with Gasteiger partial charge in [-0.15, -0.1) is 0 Å². The minimum absolute atomic E-state index is 0.0786. The molecule has 0 saturated heterocycles. The Hall–Kier alpha value is -3.01. The Morgan fingerprint density at radius 1 is 0.875 bits per heavy atom. The Kier molecular flexibility index (Phi) is 13.4. The van der Waals surface area contributed by atoms with E-state index in [-0.39, 0.29) is 18.1 Å². The second-order valence-corrected chi connectivity index (χ2v) is 10.6. The molecule has 9 nitrogen and oxygen atoms in total. The molecule has 0 aliphatic carbocycles. The number of rotatable bonds is 19. The third kappa shape index (κ3) is 9.87. The summed E-state index contributed by atoms with van der Waals surface area (Å²) in [5.41, 5.74) is 2.53. The molecule has 2 atom stereocenters. The van der Waals surface area contributed by atoms with E-state index in [0.29, 0.717) is 13.2 Å². The number of nitrogens with zero attached hydrogens (tertiary/aromatic N) is 5. The van der Waals surface area contributed by atoms with Gasteiger partial charge in [0.05, 0.1) is 19.2 Å². The summed E-state index contributed by atoms with van der Waals surface area (Å²) >= 11 is 0. The maximum absolute atomic E-state index is 12.7. The van der Waals surface area contributed by atoms with Gasteiger partial charge in [0.25, 0.3) is 0 Å². The predicted molar refractivity (Wildman–Crippen MR) is 159 cm³/mol. The second-order valence-electron chi connectivity index (χ2n) is 10.6. The zero-order valence-electron chi connectivity index (χ0n) is 25.1. The van der Waals surface area contributed by atoms with Crippen LogP contribution in [0.3, 0.4) is 0 Å². The van der Waals surface area contributed by atoms with Crippen molar-refractivity contribution in [1.82, 2.24) is 34.6 Å². The number of carbonyl (C=O) groups excluding carboxylic acids is 1. The van der Waals surface area contributed by atoms with E-state index in [1.807, 2.05) is 19.3 Å². The zero-order valence-corrected chi connectivity index (χ0v) is 25.1. The van der Waals surface area contributed by atoms with Gasteiger partial charge >= 0.3 is 5.97 Å². The Bertz CT molecular complexity index is 1060. The number of benzene rings is 1. The first-order valence-corrected chi connectivity index (χ1v) is 14.8. The highest BCUT2D eigenvalue weighted by Gasteiger charge is 2.26. The lowest BCUT2D eigenvalue weighted by Crippen LogP contribution is -2.43. The molecule has 0 aliphatic rings. The summed E-state index contributed by atoms with van der Waals surface area (Å²) in [7, 11) is 2.15. The third-order valence-electron chi connectivity index (χ3n) is 7.27. The van der Waals surface area contributed by atoms with Crippen LogP contribution in [0.4, 0.5) is 0 Å². The fourth-order valence-corrected chi connectivity index (χ4v) is 5.20. The summed E-state index contributed by atoms with van der Waals surface area (Å²) < 4.78 is 5.43. The van der Waals surface area contributed by atoms with Gasteiger partial charge in [-0.05, 0) is 77.3 Å². The van der Waals surface area contributed by atoms with Gasteiger partial charge in [-0.3, -0.25) is 14.6 Å². The molecule has 2 N–H and O–H groups in total. The number of hydrogen-bond acceptors (Lipinski definition) is 7. The topological polar surface area (TPSA) is 93.4 Å². The van der Waals surface area contributed by atoms with Crippen molar-refractivity contribution < 1.29 is 9.53 Å². The average Bonchev–Trinajstić information content (AvgIpc) is 3.66. The van der Waals surface area contributed by atoms with Crippen molar-refractivity contribution in [1.29, 1.82) is 0 Å². The fraction of sp³-hybridized carbons (Fsp3) is 0.581. The summed E-state index contributed by atoms with van der Waals surface area (Å²) in [6, 6.07) is 8.85. The summed E-state index contributed by atoms with van der Waals surface area (Å²) in [4.78, 5) is 35.1. The molecule has 40 heavy (non-hydrogen) atoms. The molecule has 3 aromatic rings. The van der Waals surface area contributed by atoms with Crippen LogP contribution in [0.2, 0.25) is 0 Å². The van der Waals surface area contributed by atoms with Gasteiger partial charge in [-0.1, -0.05) is 38.1 Å². The lowest BCUT2D eigenvalue weighted by molar-refractivity contribution is -0.150. The van der Waals surface area contributed by atoms with E-state index in [1.165, 1.54) is 11.1 Å². The highest BCUT2D eigenvalue weighted by Crippen LogP contribution is 2.22. The van der Waals surface area contributed by atoms with Crippen LogP contribution in [0.25, 0.3) is 0 Å². The van der Waals surface area contributed by atoms with Crippen LogP contribution in [-0.2, 0) is 29.2 Å². The number of esters is 1. The molecule has 3 rings (SSSR count). The number of H-pyrrole nitrogens is 2. The minimum Gasteiger partial charge on any atom is -0.465 e. The standard InChI is InChI=1S/C31H49N7O2/c1-6-19-37(20-7-2)28(31(39)40-8-3)10-9-21-36(5)22-26-11-13-27(14-12-26)23-38(24-29-32-15-16-33-29)25(4)30-34-17-18-35-30/h11-18,25,28H,6-10,19-24H2,1-5H3,(H,32,33)(H,34,35)/t25?,28-/m1/s1. The van der Waals surface area contributed by atoms with E-state index in [9.17, 15) is 4.79 Å². The van der Waals surface area contributed by atoms with Crippen molar-refractivity contribution in [2.24, 2.45) is 0 Å². The first kappa shape index (κ1) is 31.5. The first-order chi connectivity index (χ1) is 19.4. The number of hydrogen-bond donors (Lipinski definition) is 2. The molecule has 9 heteroatoms. The van der Waals surface area contributed by atoms with E-state index < -0.39 is 0 Å². The zero-order chi connectivity index (χ0) is 28.7. The number of ether oxygens (including phenoxy) is 1. The molecule has 0 saturated carbocycles. The van der Waals surface area contributed by atoms with Gasteiger partial charge in [-0.2, -0.15) is 0 Å². The molecular formula is C31H49N7O2. The van der Waals surface area contributed by atoms with E-state index in [0.717, 1.165) is 70.1 Å². The van der Waals surface area contributed by atoms with Crippen LogP contribution in [0.15, 0.2) is 49.1 Å². The first-order valence-electron chi connectivity index (χ1n) is 14.8. The molecule has 0 bridgehead atoms.